The number of halogens is 1. The number of fused-ring (bicyclic) bond motifs is 1. The van der Waals surface area contributed by atoms with Crippen LogP contribution in [0.3, 0.4) is 0 Å². The molecular formula is C31H32IN3O3S. The number of nitrogens with zero attached hydrogens (tertiary/aromatic N) is 2. The van der Waals surface area contributed by atoms with Crippen LogP contribution in [-0.2, 0) is 19.4 Å². The molecule has 6 nitrogen and oxygen atoms in total. The van der Waals surface area contributed by atoms with Crippen LogP contribution in [0.25, 0.3) is 0 Å². The molecule has 1 heterocycles. The van der Waals surface area contributed by atoms with E-state index in [4.69, 9.17) is 14.5 Å². The number of carbonyl (C=O) groups excluding carboxylic acids is 1. The van der Waals surface area contributed by atoms with Gasteiger partial charge in [-0.3, -0.25) is 4.79 Å². The van der Waals surface area contributed by atoms with Gasteiger partial charge in [-0.05, 0) is 90.4 Å². The highest BCUT2D eigenvalue weighted by molar-refractivity contribution is 14.1. The van der Waals surface area contributed by atoms with Gasteiger partial charge in [0.1, 0.15) is 11.6 Å². The second-order valence-electron chi connectivity index (χ2n) is 10.0. The summed E-state index contributed by atoms with van der Waals surface area (Å²) in [5.74, 6) is 1.25. The van der Waals surface area contributed by atoms with E-state index in [1.54, 1.807) is 24.5 Å². The zero-order valence-electron chi connectivity index (χ0n) is 22.1. The molecule has 1 N–H and O–H groups in total. The lowest BCUT2D eigenvalue weighted by molar-refractivity contribution is 0.0927. The molecule has 3 aromatic rings. The molecule has 8 heteroatoms. The lowest BCUT2D eigenvalue weighted by Crippen LogP contribution is -2.36. The van der Waals surface area contributed by atoms with Gasteiger partial charge in [-0.15, -0.1) is 11.3 Å². The zero-order chi connectivity index (χ0) is 27.2. The monoisotopic (exact) mass is 653 g/mol. The van der Waals surface area contributed by atoms with Crippen molar-refractivity contribution in [2.75, 3.05) is 7.11 Å². The fourth-order valence-corrected chi connectivity index (χ4v) is 7.39. The number of ether oxygens (including phenoxy) is 2. The first kappa shape index (κ1) is 27.7. The molecule has 1 aromatic heterocycles. The quantitative estimate of drug-likeness (QED) is 0.202. The Morgan fingerprint density at radius 1 is 1.18 bits per heavy atom. The number of hydrogen-bond donors (Lipinski definition) is 1. The summed E-state index contributed by atoms with van der Waals surface area (Å²) in [7, 11) is 1.61. The molecule has 39 heavy (non-hydrogen) atoms. The van der Waals surface area contributed by atoms with E-state index >= 15 is 0 Å². The van der Waals surface area contributed by atoms with Crippen molar-refractivity contribution < 1.29 is 14.3 Å². The molecule has 5 rings (SSSR count). The standard InChI is InChI=1S/C31H32IN3O3S/c1-37-26-16-20(15-25(32)29(26)38-19-22-10-6-5-9-21(22)17-33)18-34-31-28(24-13-7-8-14-27(24)39-31)30(36)35-23-11-3-2-4-12-23/h5-6,9-10,15-16,18,23H,2-4,7-8,11-14,19H2,1H3,(H,35,36)/b34-18-. The van der Waals surface area contributed by atoms with Gasteiger partial charge in [0.2, 0.25) is 0 Å². The van der Waals surface area contributed by atoms with Crippen LogP contribution >= 0.6 is 33.9 Å². The van der Waals surface area contributed by atoms with E-state index in [-0.39, 0.29) is 18.6 Å². The number of methoxy groups -OCH3 is 1. The lowest BCUT2D eigenvalue weighted by atomic mass is 9.93. The highest BCUT2D eigenvalue weighted by Crippen LogP contribution is 2.40. The molecule has 1 saturated carbocycles. The van der Waals surface area contributed by atoms with Crippen molar-refractivity contribution in [2.45, 2.75) is 70.4 Å². The van der Waals surface area contributed by atoms with Gasteiger partial charge in [-0.25, -0.2) is 4.99 Å². The predicted octanol–water partition coefficient (Wildman–Crippen LogP) is 7.50. The number of nitrogens with one attached hydrogen (secondary N) is 1. The molecule has 1 fully saturated rings. The van der Waals surface area contributed by atoms with Crippen molar-refractivity contribution >= 4 is 51.1 Å². The summed E-state index contributed by atoms with van der Waals surface area (Å²) >= 11 is 3.89. The number of benzene rings is 2. The van der Waals surface area contributed by atoms with Crippen molar-refractivity contribution in [1.29, 1.82) is 5.26 Å². The van der Waals surface area contributed by atoms with E-state index in [2.05, 4.69) is 34.0 Å². The first-order valence-electron chi connectivity index (χ1n) is 13.5. The fraction of sp³-hybridized carbons (Fsp3) is 0.387. The zero-order valence-corrected chi connectivity index (χ0v) is 25.1. The van der Waals surface area contributed by atoms with Crippen LogP contribution in [-0.4, -0.2) is 25.3 Å². The van der Waals surface area contributed by atoms with Gasteiger partial charge in [0, 0.05) is 22.7 Å². The van der Waals surface area contributed by atoms with Gasteiger partial charge in [-0.2, -0.15) is 5.26 Å². The fourth-order valence-electron chi connectivity index (χ4n) is 5.37. The Morgan fingerprint density at radius 2 is 1.97 bits per heavy atom. The van der Waals surface area contributed by atoms with Crippen LogP contribution in [0, 0.1) is 14.9 Å². The molecule has 0 saturated heterocycles. The number of hydrogen-bond acceptors (Lipinski definition) is 6. The Labute approximate surface area is 247 Å². The molecule has 0 unspecified atom stereocenters. The van der Waals surface area contributed by atoms with Crippen molar-refractivity contribution in [3.8, 4) is 17.6 Å². The number of rotatable bonds is 8. The highest BCUT2D eigenvalue weighted by atomic mass is 127. The van der Waals surface area contributed by atoms with Crippen molar-refractivity contribution in [3.63, 3.8) is 0 Å². The average Bonchev–Trinajstić information content (AvgIpc) is 3.34. The summed E-state index contributed by atoms with van der Waals surface area (Å²) < 4.78 is 12.6. The summed E-state index contributed by atoms with van der Waals surface area (Å²) in [4.78, 5) is 19.6. The van der Waals surface area contributed by atoms with Gasteiger partial charge in [0.05, 0.1) is 27.9 Å². The summed E-state index contributed by atoms with van der Waals surface area (Å²) in [6.45, 7) is 0.268. The molecule has 202 valence electrons. The number of nitriles is 1. The van der Waals surface area contributed by atoms with Crippen LogP contribution in [0.15, 0.2) is 41.4 Å². The molecule has 0 aliphatic heterocycles. The minimum absolute atomic E-state index is 0.0296. The largest absolute Gasteiger partial charge is 0.493 e. The normalized spacial score (nSPS) is 15.5. The molecule has 0 spiro atoms. The lowest BCUT2D eigenvalue weighted by Gasteiger charge is -2.23. The second kappa shape index (κ2) is 13.0. The minimum atomic E-state index is 0.0296. The first-order chi connectivity index (χ1) is 19.1. The Balaban J connectivity index is 1.39. The van der Waals surface area contributed by atoms with E-state index in [9.17, 15) is 10.1 Å². The van der Waals surface area contributed by atoms with Gasteiger partial charge in [0.25, 0.3) is 5.91 Å². The molecule has 2 aliphatic rings. The summed E-state index contributed by atoms with van der Waals surface area (Å²) in [6, 6.07) is 13.8. The molecule has 2 aliphatic carbocycles. The van der Waals surface area contributed by atoms with Crippen LogP contribution in [0.4, 0.5) is 5.00 Å². The highest BCUT2D eigenvalue weighted by Gasteiger charge is 2.27. The van der Waals surface area contributed by atoms with E-state index in [0.717, 1.165) is 63.8 Å². The van der Waals surface area contributed by atoms with Gasteiger partial charge >= 0.3 is 0 Å². The molecule has 1 amide bonds. The van der Waals surface area contributed by atoms with Crippen LogP contribution in [0.1, 0.15) is 82.4 Å². The molecular weight excluding hydrogens is 621 g/mol. The van der Waals surface area contributed by atoms with E-state index in [1.807, 2.05) is 36.5 Å². The molecule has 0 radical (unpaired) electrons. The van der Waals surface area contributed by atoms with Crippen LogP contribution in [0.2, 0.25) is 0 Å². The van der Waals surface area contributed by atoms with Crippen LogP contribution < -0.4 is 14.8 Å². The number of amides is 1. The van der Waals surface area contributed by atoms with Gasteiger partial charge < -0.3 is 14.8 Å². The van der Waals surface area contributed by atoms with Crippen molar-refractivity contribution in [1.82, 2.24) is 5.32 Å². The van der Waals surface area contributed by atoms with E-state index in [1.165, 1.54) is 29.7 Å². The average molecular weight is 654 g/mol. The molecule has 2 aromatic carbocycles. The SMILES string of the molecule is COc1cc(/C=N\c2sc3c(c2C(=O)NC2CCCCC2)CCCC3)cc(I)c1OCc1ccccc1C#N. The van der Waals surface area contributed by atoms with Gasteiger partial charge in [-0.1, -0.05) is 37.5 Å². The maximum atomic E-state index is 13.5. The third kappa shape index (κ3) is 6.47. The number of aryl methyl sites for hydroxylation is 1. The molecule has 0 bridgehead atoms. The number of thiophene rings is 1. The topological polar surface area (TPSA) is 83.7 Å². The smallest absolute Gasteiger partial charge is 0.254 e. The second-order valence-corrected chi connectivity index (χ2v) is 12.3. The van der Waals surface area contributed by atoms with Crippen molar-refractivity contribution in [2.24, 2.45) is 4.99 Å². The van der Waals surface area contributed by atoms with Crippen molar-refractivity contribution in [3.05, 3.63) is 72.7 Å². The first-order valence-corrected chi connectivity index (χ1v) is 15.4. The summed E-state index contributed by atoms with van der Waals surface area (Å²) in [5, 5.41) is 13.5. The third-order valence-corrected chi connectivity index (χ3v) is 9.41. The Morgan fingerprint density at radius 3 is 2.77 bits per heavy atom. The predicted molar refractivity (Wildman–Crippen MR) is 164 cm³/mol. The maximum absolute atomic E-state index is 13.5. The minimum Gasteiger partial charge on any atom is -0.493 e. The van der Waals surface area contributed by atoms with E-state index < -0.39 is 0 Å². The molecule has 0 atom stereocenters. The Bertz CT molecular complexity index is 1420. The van der Waals surface area contributed by atoms with Crippen LogP contribution in [0.5, 0.6) is 11.5 Å². The Hall–Kier alpha value is -2.90. The third-order valence-electron chi connectivity index (χ3n) is 7.41. The number of carbonyl (C=O) groups is 1. The summed E-state index contributed by atoms with van der Waals surface area (Å²) in [5.41, 5.74) is 4.25. The number of aliphatic imine (C=N–C) groups is 1. The Kier molecular flexibility index (Phi) is 9.20. The maximum Gasteiger partial charge on any atom is 0.254 e. The van der Waals surface area contributed by atoms with E-state index in [0.29, 0.717) is 17.1 Å². The van der Waals surface area contributed by atoms with Gasteiger partial charge in [0.15, 0.2) is 11.5 Å². The summed E-state index contributed by atoms with van der Waals surface area (Å²) in [6.07, 6.45) is 11.8.